The number of sulfonamides is 1. The molecule has 2 rings (SSSR count). The van der Waals surface area contributed by atoms with Gasteiger partial charge >= 0.3 is 5.97 Å². The molecule has 0 saturated heterocycles. The summed E-state index contributed by atoms with van der Waals surface area (Å²) in [5.74, 6) is -0.665. The first-order valence-electron chi connectivity index (χ1n) is 6.55. The Morgan fingerprint density at radius 1 is 1.09 bits per heavy atom. The van der Waals surface area contributed by atoms with Crippen LogP contribution in [-0.2, 0) is 21.4 Å². The first-order chi connectivity index (χ1) is 10.9. The maximum Gasteiger partial charge on any atom is 0.341 e. The zero-order valence-electron chi connectivity index (χ0n) is 11.9. The normalized spacial score (nSPS) is 11.2. The van der Waals surface area contributed by atoms with Crippen molar-refractivity contribution >= 4 is 27.6 Å². The highest BCUT2D eigenvalue weighted by Crippen LogP contribution is 2.15. The molecule has 0 fully saturated rings. The molecule has 23 heavy (non-hydrogen) atoms. The van der Waals surface area contributed by atoms with Crippen molar-refractivity contribution < 1.29 is 23.1 Å². The fraction of sp³-hybridized carbons (Fsp3) is 0.133. The van der Waals surface area contributed by atoms with Gasteiger partial charge in [-0.25, -0.2) is 17.9 Å². The molecular formula is C15H14ClNO5S. The number of carboxylic acids is 1. The average Bonchev–Trinajstić information content (AvgIpc) is 2.52. The second-order valence-electron chi connectivity index (χ2n) is 4.60. The molecule has 0 aliphatic heterocycles. The summed E-state index contributed by atoms with van der Waals surface area (Å²) in [6, 6.07) is 12.3. The second kappa shape index (κ2) is 7.45. The van der Waals surface area contributed by atoms with Crippen LogP contribution < -0.4 is 9.46 Å². The van der Waals surface area contributed by atoms with Crippen molar-refractivity contribution in [2.75, 3.05) is 6.61 Å². The molecule has 2 N–H and O–H groups in total. The van der Waals surface area contributed by atoms with E-state index in [1.807, 2.05) is 0 Å². The Hall–Kier alpha value is -2.09. The third-order valence-corrected chi connectivity index (χ3v) is 4.55. The van der Waals surface area contributed by atoms with E-state index in [0.717, 1.165) is 0 Å². The molecule has 122 valence electrons. The van der Waals surface area contributed by atoms with Gasteiger partial charge in [0.2, 0.25) is 10.0 Å². The summed E-state index contributed by atoms with van der Waals surface area (Å²) >= 11 is 5.73. The van der Waals surface area contributed by atoms with Crippen LogP contribution in [0.3, 0.4) is 0 Å². The summed E-state index contributed by atoms with van der Waals surface area (Å²) in [6.07, 6.45) is 0. The molecule has 0 spiro atoms. The number of halogens is 1. The van der Waals surface area contributed by atoms with Crippen LogP contribution in [0.25, 0.3) is 0 Å². The Kier molecular flexibility index (Phi) is 5.59. The lowest BCUT2D eigenvalue weighted by Crippen LogP contribution is -2.23. The number of nitrogens with one attached hydrogen (secondary N) is 1. The average molecular weight is 356 g/mol. The highest BCUT2D eigenvalue weighted by molar-refractivity contribution is 7.89. The van der Waals surface area contributed by atoms with Gasteiger partial charge in [-0.15, -0.1) is 0 Å². The summed E-state index contributed by atoms with van der Waals surface area (Å²) in [5.41, 5.74) is 0.713. The number of benzene rings is 2. The van der Waals surface area contributed by atoms with E-state index in [-0.39, 0.29) is 11.4 Å². The molecule has 0 radical (unpaired) electrons. The van der Waals surface area contributed by atoms with Crippen molar-refractivity contribution in [2.24, 2.45) is 0 Å². The number of ether oxygens (including phenoxy) is 1. The molecule has 0 atom stereocenters. The molecule has 0 aromatic heterocycles. The van der Waals surface area contributed by atoms with Gasteiger partial charge < -0.3 is 9.84 Å². The van der Waals surface area contributed by atoms with Crippen LogP contribution >= 0.6 is 11.6 Å². The van der Waals surface area contributed by atoms with Gasteiger partial charge in [0.1, 0.15) is 5.75 Å². The van der Waals surface area contributed by atoms with Gasteiger partial charge in [0.05, 0.1) is 4.90 Å². The zero-order valence-corrected chi connectivity index (χ0v) is 13.5. The fourth-order valence-corrected chi connectivity index (χ4v) is 2.87. The topological polar surface area (TPSA) is 92.7 Å². The van der Waals surface area contributed by atoms with Crippen LogP contribution in [0.4, 0.5) is 0 Å². The van der Waals surface area contributed by atoms with E-state index in [2.05, 4.69) is 4.72 Å². The number of carboxylic acid groups (broad SMARTS) is 1. The van der Waals surface area contributed by atoms with Gasteiger partial charge in [0.25, 0.3) is 0 Å². The van der Waals surface area contributed by atoms with Crippen molar-refractivity contribution in [1.29, 1.82) is 0 Å². The van der Waals surface area contributed by atoms with Gasteiger partial charge in [-0.05, 0) is 42.0 Å². The maximum atomic E-state index is 12.1. The predicted molar refractivity (Wildman–Crippen MR) is 85.1 cm³/mol. The van der Waals surface area contributed by atoms with E-state index in [9.17, 15) is 13.2 Å². The predicted octanol–water partition coefficient (Wildman–Crippen LogP) is 2.28. The van der Waals surface area contributed by atoms with Crippen LogP contribution in [0.2, 0.25) is 5.02 Å². The van der Waals surface area contributed by atoms with E-state index < -0.39 is 22.6 Å². The first kappa shape index (κ1) is 17.3. The standard InChI is InChI=1S/C15H14ClNO5S/c16-12-3-7-14(8-4-12)23(20,21)17-9-11-1-5-13(6-2-11)22-10-15(18)19/h1-8,17H,9-10H2,(H,18,19). The Morgan fingerprint density at radius 2 is 1.70 bits per heavy atom. The Labute approximate surface area is 138 Å². The molecule has 0 aliphatic carbocycles. The molecule has 0 aliphatic rings. The van der Waals surface area contributed by atoms with Gasteiger partial charge in [-0.3, -0.25) is 0 Å². The molecule has 0 heterocycles. The quantitative estimate of drug-likeness (QED) is 0.794. The van der Waals surface area contributed by atoms with Gasteiger partial charge in [-0.2, -0.15) is 0 Å². The number of carbonyl (C=O) groups is 1. The SMILES string of the molecule is O=C(O)COc1ccc(CNS(=O)(=O)c2ccc(Cl)cc2)cc1. The minimum atomic E-state index is -3.62. The summed E-state index contributed by atoms with van der Waals surface area (Å²) in [4.78, 5) is 10.5. The molecule has 0 unspecified atom stereocenters. The summed E-state index contributed by atoms with van der Waals surface area (Å²) in [7, 11) is -3.62. The monoisotopic (exact) mass is 355 g/mol. The smallest absolute Gasteiger partial charge is 0.341 e. The van der Waals surface area contributed by atoms with Crippen LogP contribution in [0, 0.1) is 0 Å². The Bertz CT molecular complexity index is 773. The third-order valence-electron chi connectivity index (χ3n) is 2.88. The van der Waals surface area contributed by atoms with E-state index in [4.69, 9.17) is 21.4 Å². The number of hydrogen-bond donors (Lipinski definition) is 2. The molecule has 0 saturated carbocycles. The number of hydrogen-bond acceptors (Lipinski definition) is 4. The van der Waals surface area contributed by atoms with Crippen LogP contribution in [-0.4, -0.2) is 26.1 Å². The second-order valence-corrected chi connectivity index (χ2v) is 6.81. The molecule has 2 aromatic rings. The Balaban J connectivity index is 1.97. The molecule has 2 aromatic carbocycles. The largest absolute Gasteiger partial charge is 0.482 e. The maximum absolute atomic E-state index is 12.1. The molecular weight excluding hydrogens is 342 g/mol. The molecule has 6 nitrogen and oxygen atoms in total. The van der Waals surface area contributed by atoms with Gasteiger partial charge in [0, 0.05) is 11.6 Å². The van der Waals surface area contributed by atoms with Crippen LogP contribution in [0.15, 0.2) is 53.4 Å². The fourth-order valence-electron chi connectivity index (χ4n) is 1.72. The van der Waals surface area contributed by atoms with Gasteiger partial charge in [-0.1, -0.05) is 23.7 Å². The summed E-state index contributed by atoms with van der Waals surface area (Å²) < 4.78 is 31.7. The summed E-state index contributed by atoms with van der Waals surface area (Å²) in [6.45, 7) is -0.327. The minimum Gasteiger partial charge on any atom is -0.482 e. The van der Waals surface area contributed by atoms with Crippen molar-refractivity contribution in [3.63, 3.8) is 0 Å². The van der Waals surface area contributed by atoms with E-state index >= 15 is 0 Å². The van der Waals surface area contributed by atoms with E-state index in [1.54, 1.807) is 24.3 Å². The summed E-state index contributed by atoms with van der Waals surface area (Å²) in [5, 5.41) is 8.98. The lowest BCUT2D eigenvalue weighted by atomic mass is 10.2. The van der Waals surface area contributed by atoms with Crippen molar-refractivity contribution in [1.82, 2.24) is 4.72 Å². The highest BCUT2D eigenvalue weighted by Gasteiger charge is 2.13. The highest BCUT2D eigenvalue weighted by atomic mass is 35.5. The minimum absolute atomic E-state index is 0.101. The van der Waals surface area contributed by atoms with Crippen molar-refractivity contribution in [3.8, 4) is 5.75 Å². The van der Waals surface area contributed by atoms with Crippen LogP contribution in [0.1, 0.15) is 5.56 Å². The molecule has 0 amide bonds. The third kappa shape index (κ3) is 5.24. The van der Waals surface area contributed by atoms with E-state index in [1.165, 1.54) is 24.3 Å². The number of rotatable bonds is 7. The Morgan fingerprint density at radius 3 is 2.26 bits per heavy atom. The van der Waals surface area contributed by atoms with E-state index in [0.29, 0.717) is 16.3 Å². The van der Waals surface area contributed by atoms with Crippen molar-refractivity contribution in [3.05, 3.63) is 59.1 Å². The molecule has 8 heteroatoms. The lowest BCUT2D eigenvalue weighted by Gasteiger charge is -2.08. The first-order valence-corrected chi connectivity index (χ1v) is 8.42. The zero-order chi connectivity index (χ0) is 16.9. The number of aliphatic carboxylic acids is 1. The van der Waals surface area contributed by atoms with Crippen LogP contribution in [0.5, 0.6) is 5.75 Å². The van der Waals surface area contributed by atoms with Gasteiger partial charge in [0.15, 0.2) is 6.61 Å². The lowest BCUT2D eigenvalue weighted by molar-refractivity contribution is -0.139. The molecule has 0 bridgehead atoms. The van der Waals surface area contributed by atoms with Crippen molar-refractivity contribution in [2.45, 2.75) is 11.4 Å².